The number of hydrogen-bond acceptors (Lipinski definition) is 3. The van der Waals surface area contributed by atoms with Crippen LogP contribution in [0.1, 0.15) is 18.9 Å². The highest BCUT2D eigenvalue weighted by molar-refractivity contribution is 5.84. The maximum atomic E-state index is 7.25. The average Bonchev–Trinajstić information content (AvgIpc) is 3.24. The van der Waals surface area contributed by atoms with Crippen molar-refractivity contribution < 1.29 is 0 Å². The van der Waals surface area contributed by atoms with Crippen LogP contribution in [0.5, 0.6) is 0 Å². The maximum absolute atomic E-state index is 7.25. The number of rotatable bonds is 2. The third-order valence-electron chi connectivity index (χ3n) is 4.48. The summed E-state index contributed by atoms with van der Waals surface area (Å²) in [6.45, 7) is 7.25. The van der Waals surface area contributed by atoms with Crippen molar-refractivity contribution in [1.82, 2.24) is 19.1 Å². The molecule has 2 aromatic carbocycles. The molecule has 0 radical (unpaired) electrons. The van der Waals surface area contributed by atoms with Crippen LogP contribution < -0.4 is 5.73 Å². The highest BCUT2D eigenvalue weighted by Gasteiger charge is 2.29. The molecule has 1 saturated carbocycles. The van der Waals surface area contributed by atoms with Gasteiger partial charge in [0.1, 0.15) is 6.33 Å². The second-order valence-corrected chi connectivity index (χ2v) is 6.16. The highest BCUT2D eigenvalue weighted by atomic mass is 15.3. The smallest absolute Gasteiger partial charge is 0.216 e. The number of fused-ring (bicyclic) bond motifs is 2. The minimum Gasteiger partial charge on any atom is -0.399 e. The first-order chi connectivity index (χ1) is 11.7. The van der Waals surface area contributed by atoms with Gasteiger partial charge in [0.2, 0.25) is 5.95 Å². The summed E-state index contributed by atoms with van der Waals surface area (Å²) in [6, 6.07) is 11.8. The van der Waals surface area contributed by atoms with Crippen LogP contribution >= 0.6 is 0 Å². The lowest BCUT2D eigenvalue weighted by Crippen LogP contribution is -2.04. The van der Waals surface area contributed by atoms with Gasteiger partial charge in [0.25, 0.3) is 0 Å². The molecule has 0 spiro atoms. The Balaban J connectivity index is 1.82. The van der Waals surface area contributed by atoms with Crippen LogP contribution in [0.4, 0.5) is 11.4 Å². The molecule has 4 aromatic rings. The lowest BCUT2D eigenvalue weighted by molar-refractivity contribution is 0.728. The molecule has 1 aliphatic rings. The number of benzene rings is 2. The molecular weight excluding hydrogens is 300 g/mol. The summed E-state index contributed by atoms with van der Waals surface area (Å²) < 4.78 is 4.24. The Morgan fingerprint density at radius 1 is 1.08 bits per heavy atom. The van der Waals surface area contributed by atoms with Gasteiger partial charge in [0, 0.05) is 11.7 Å². The molecule has 2 aromatic heterocycles. The van der Waals surface area contributed by atoms with Gasteiger partial charge in [-0.3, -0.25) is 4.57 Å². The molecule has 0 atom stereocenters. The minimum atomic E-state index is 0.442. The summed E-state index contributed by atoms with van der Waals surface area (Å²) in [6.07, 6.45) is 4.07. The van der Waals surface area contributed by atoms with Gasteiger partial charge in [-0.2, -0.15) is 0 Å². The van der Waals surface area contributed by atoms with E-state index in [-0.39, 0.29) is 0 Å². The average molecular weight is 314 g/mol. The summed E-state index contributed by atoms with van der Waals surface area (Å²) in [5, 5.41) is 0. The van der Waals surface area contributed by atoms with Crippen molar-refractivity contribution in [3.63, 3.8) is 0 Å². The monoisotopic (exact) mass is 314 g/mol. The number of nitrogens with two attached hydrogens (primary N) is 1. The fourth-order valence-corrected chi connectivity index (χ4v) is 3.19. The molecule has 116 valence electrons. The molecule has 6 heteroatoms. The SMILES string of the molecule is [C-]#[N+]c1ccc2nc(-n3cnc4cc(N)ccc43)n(C3CC3)c2c1. The molecule has 6 nitrogen and oxygen atoms in total. The van der Waals surface area contributed by atoms with Gasteiger partial charge in [0.15, 0.2) is 5.69 Å². The fourth-order valence-electron chi connectivity index (χ4n) is 3.19. The molecule has 0 unspecified atom stereocenters. The van der Waals surface area contributed by atoms with Crippen LogP contribution in [-0.2, 0) is 0 Å². The summed E-state index contributed by atoms with van der Waals surface area (Å²) in [5.74, 6) is 0.849. The van der Waals surface area contributed by atoms with E-state index in [1.54, 1.807) is 6.33 Å². The Labute approximate surface area is 138 Å². The molecule has 0 aliphatic heterocycles. The lowest BCUT2D eigenvalue weighted by Gasteiger charge is -2.09. The summed E-state index contributed by atoms with van der Waals surface area (Å²) in [7, 11) is 0. The van der Waals surface area contributed by atoms with Crippen molar-refractivity contribution >= 4 is 33.4 Å². The first-order valence-corrected chi connectivity index (χ1v) is 7.87. The Morgan fingerprint density at radius 2 is 1.96 bits per heavy atom. The van der Waals surface area contributed by atoms with E-state index in [1.165, 1.54) is 0 Å². The number of hydrogen-bond donors (Lipinski definition) is 1. The van der Waals surface area contributed by atoms with Crippen LogP contribution in [0.25, 0.3) is 32.9 Å². The van der Waals surface area contributed by atoms with E-state index in [0.717, 1.165) is 40.9 Å². The standard InChI is InChI=1S/C18H14N6/c1-20-12-3-6-14-17(9-12)24(13-4-5-13)18(22-14)23-10-21-15-8-11(19)2-7-16(15)23/h2-3,6-10,13H,4-5,19H2. The normalized spacial score (nSPS) is 14.3. The van der Waals surface area contributed by atoms with Gasteiger partial charge in [-0.15, -0.1) is 0 Å². The van der Waals surface area contributed by atoms with Gasteiger partial charge in [-0.1, -0.05) is 6.07 Å². The van der Waals surface area contributed by atoms with E-state index in [1.807, 2.05) is 41.0 Å². The van der Waals surface area contributed by atoms with Crippen LogP contribution in [0.3, 0.4) is 0 Å². The number of nitrogens with zero attached hydrogens (tertiary/aromatic N) is 5. The molecule has 24 heavy (non-hydrogen) atoms. The molecular formula is C18H14N6. The molecule has 0 saturated heterocycles. The molecule has 2 N–H and O–H groups in total. The lowest BCUT2D eigenvalue weighted by atomic mass is 10.3. The second kappa shape index (κ2) is 4.59. The number of anilines is 1. The molecule has 1 fully saturated rings. The van der Waals surface area contributed by atoms with Crippen molar-refractivity contribution in [1.29, 1.82) is 0 Å². The van der Waals surface area contributed by atoms with Crippen LogP contribution in [0, 0.1) is 6.57 Å². The first-order valence-electron chi connectivity index (χ1n) is 7.87. The van der Waals surface area contributed by atoms with Gasteiger partial charge in [-0.05, 0) is 43.2 Å². The molecule has 1 aliphatic carbocycles. The largest absolute Gasteiger partial charge is 0.399 e. The molecule has 5 rings (SSSR count). The van der Waals surface area contributed by atoms with Gasteiger partial charge in [0.05, 0.1) is 28.6 Å². The van der Waals surface area contributed by atoms with Crippen molar-refractivity contribution in [3.05, 3.63) is 54.1 Å². The number of imidazole rings is 2. The zero-order chi connectivity index (χ0) is 16.3. The highest BCUT2D eigenvalue weighted by Crippen LogP contribution is 2.40. The number of aromatic nitrogens is 4. The van der Waals surface area contributed by atoms with Crippen molar-refractivity contribution in [2.24, 2.45) is 0 Å². The number of nitrogen functional groups attached to an aromatic ring is 1. The molecule has 0 amide bonds. The first kappa shape index (κ1) is 13.1. The Hall–Kier alpha value is -3.33. The second-order valence-electron chi connectivity index (χ2n) is 6.16. The Morgan fingerprint density at radius 3 is 2.75 bits per heavy atom. The molecule has 2 heterocycles. The maximum Gasteiger partial charge on any atom is 0.216 e. The van der Waals surface area contributed by atoms with Gasteiger partial charge >= 0.3 is 0 Å². The van der Waals surface area contributed by atoms with Gasteiger partial charge < -0.3 is 10.3 Å². The minimum absolute atomic E-state index is 0.442. The Kier molecular flexibility index (Phi) is 2.51. The van der Waals surface area contributed by atoms with Crippen molar-refractivity contribution in [2.75, 3.05) is 5.73 Å². The quantitative estimate of drug-likeness (QED) is 0.451. The van der Waals surface area contributed by atoms with E-state index < -0.39 is 0 Å². The summed E-state index contributed by atoms with van der Waals surface area (Å²) in [4.78, 5) is 12.8. The van der Waals surface area contributed by atoms with Crippen molar-refractivity contribution in [3.8, 4) is 5.95 Å². The predicted molar refractivity (Wildman–Crippen MR) is 93.3 cm³/mol. The third-order valence-corrected chi connectivity index (χ3v) is 4.48. The van der Waals surface area contributed by atoms with Crippen LogP contribution in [0.15, 0.2) is 42.7 Å². The van der Waals surface area contributed by atoms with Crippen molar-refractivity contribution in [2.45, 2.75) is 18.9 Å². The van der Waals surface area contributed by atoms with Crippen LogP contribution in [-0.4, -0.2) is 19.1 Å². The topological polar surface area (TPSA) is 66.0 Å². The van der Waals surface area contributed by atoms with E-state index in [0.29, 0.717) is 17.4 Å². The van der Waals surface area contributed by atoms with E-state index >= 15 is 0 Å². The van der Waals surface area contributed by atoms with Crippen LogP contribution in [0.2, 0.25) is 0 Å². The van der Waals surface area contributed by atoms with E-state index in [4.69, 9.17) is 17.3 Å². The fraction of sp³-hybridized carbons (Fsp3) is 0.167. The summed E-state index contributed by atoms with van der Waals surface area (Å²) >= 11 is 0. The van der Waals surface area contributed by atoms with Gasteiger partial charge in [-0.25, -0.2) is 14.8 Å². The molecule has 0 bridgehead atoms. The summed E-state index contributed by atoms with van der Waals surface area (Å²) in [5.41, 5.74) is 10.9. The zero-order valence-corrected chi connectivity index (χ0v) is 12.8. The third kappa shape index (κ3) is 1.82. The van der Waals surface area contributed by atoms with E-state index in [9.17, 15) is 0 Å². The predicted octanol–water partition coefficient (Wildman–Crippen LogP) is 3.84. The Bertz CT molecular complexity index is 1140. The zero-order valence-electron chi connectivity index (χ0n) is 12.8. The van der Waals surface area contributed by atoms with E-state index in [2.05, 4.69) is 14.4 Å².